The minimum absolute atomic E-state index is 0.128. The molecule has 0 saturated heterocycles. The number of unbranched alkanes of at least 4 members (excludes halogenated alkanes) is 4. The molecule has 1 fully saturated rings. The van der Waals surface area contributed by atoms with Gasteiger partial charge in [0.1, 0.15) is 6.29 Å². The second-order valence-electron chi connectivity index (χ2n) is 8.09. The first-order valence-electron chi connectivity index (χ1n) is 10.8. The normalized spacial score (nSPS) is 25.4. The molecule has 1 unspecified atom stereocenters. The summed E-state index contributed by atoms with van der Waals surface area (Å²) in [5.41, 5.74) is -0.945. The Hall–Kier alpha value is -0.970. The second-order valence-corrected chi connectivity index (χ2v) is 8.09. The number of aliphatic hydroxyl groups is 3. The topological polar surface area (TPSA) is 77.8 Å². The third-order valence-corrected chi connectivity index (χ3v) is 5.77. The summed E-state index contributed by atoms with van der Waals surface area (Å²) in [6.07, 6.45) is 19.0. The van der Waals surface area contributed by atoms with Crippen molar-refractivity contribution < 1.29 is 20.1 Å². The van der Waals surface area contributed by atoms with Gasteiger partial charge in [-0.15, -0.1) is 0 Å². The van der Waals surface area contributed by atoms with Crippen LogP contribution in [0.15, 0.2) is 24.3 Å². The number of hydrogen-bond donors (Lipinski definition) is 3. The predicted molar refractivity (Wildman–Crippen MR) is 110 cm³/mol. The number of aliphatic hydroxyl groups excluding tert-OH is 2. The zero-order valence-electron chi connectivity index (χ0n) is 17.1. The van der Waals surface area contributed by atoms with E-state index in [-0.39, 0.29) is 25.0 Å². The minimum atomic E-state index is -0.945. The average molecular weight is 381 g/mol. The van der Waals surface area contributed by atoms with Crippen LogP contribution in [-0.4, -0.2) is 39.9 Å². The highest BCUT2D eigenvalue weighted by Crippen LogP contribution is 2.36. The molecule has 0 aromatic heterocycles. The molecule has 0 spiro atoms. The average Bonchev–Trinajstić information content (AvgIpc) is 2.99. The first kappa shape index (κ1) is 24.1. The number of aldehydes is 1. The van der Waals surface area contributed by atoms with Crippen LogP contribution in [0.5, 0.6) is 0 Å². The Morgan fingerprint density at radius 2 is 1.85 bits per heavy atom. The van der Waals surface area contributed by atoms with E-state index in [0.29, 0.717) is 18.8 Å². The van der Waals surface area contributed by atoms with Gasteiger partial charge in [-0.3, -0.25) is 0 Å². The Morgan fingerprint density at radius 3 is 2.56 bits per heavy atom. The maximum Gasteiger partial charge on any atom is 0.122 e. The molecule has 0 aromatic carbocycles. The summed E-state index contributed by atoms with van der Waals surface area (Å²) in [6, 6.07) is 0. The van der Waals surface area contributed by atoms with E-state index < -0.39 is 5.60 Å². The van der Waals surface area contributed by atoms with Crippen molar-refractivity contribution in [3.8, 4) is 0 Å². The van der Waals surface area contributed by atoms with Crippen LogP contribution in [0.25, 0.3) is 0 Å². The molecule has 0 amide bonds. The first-order valence-corrected chi connectivity index (χ1v) is 10.8. The van der Waals surface area contributed by atoms with Gasteiger partial charge in [-0.25, -0.2) is 0 Å². The summed E-state index contributed by atoms with van der Waals surface area (Å²) in [5, 5.41) is 29.8. The highest BCUT2D eigenvalue weighted by Gasteiger charge is 2.32. The molecule has 0 aliphatic heterocycles. The van der Waals surface area contributed by atoms with Crippen LogP contribution in [0.4, 0.5) is 0 Å². The maximum atomic E-state index is 10.9. The van der Waals surface area contributed by atoms with Crippen molar-refractivity contribution in [1.82, 2.24) is 0 Å². The summed E-state index contributed by atoms with van der Waals surface area (Å²) in [5.74, 6) is 0.563. The van der Waals surface area contributed by atoms with E-state index >= 15 is 0 Å². The van der Waals surface area contributed by atoms with Gasteiger partial charge in [0.2, 0.25) is 0 Å². The third kappa shape index (κ3) is 9.68. The van der Waals surface area contributed by atoms with E-state index in [4.69, 9.17) is 5.11 Å². The Bertz CT molecular complexity index is 446. The number of allylic oxidation sites excluding steroid dienone is 2. The standard InChI is InChI=1S/C23H40O4/c1-2-3-8-15-23(27,17-19-25)16-10-12-21-20(13-14-22(21)26)11-7-5-4-6-9-18-24/h5,7,10,12,19-22,24,26-27H,2-4,6,8-9,11,13-18H2,1H3/t20-,21+,22+,23?/m0/s1. The van der Waals surface area contributed by atoms with E-state index in [0.717, 1.165) is 64.1 Å². The van der Waals surface area contributed by atoms with Crippen LogP contribution in [0.2, 0.25) is 0 Å². The summed E-state index contributed by atoms with van der Waals surface area (Å²) in [7, 11) is 0. The van der Waals surface area contributed by atoms with Crippen molar-refractivity contribution in [2.45, 2.75) is 95.7 Å². The maximum absolute atomic E-state index is 10.9. The molecular weight excluding hydrogens is 340 g/mol. The van der Waals surface area contributed by atoms with Crippen LogP contribution in [0, 0.1) is 11.8 Å². The molecule has 4 heteroatoms. The molecule has 27 heavy (non-hydrogen) atoms. The number of carbonyl (C=O) groups excluding carboxylic acids is 1. The van der Waals surface area contributed by atoms with Gasteiger partial charge in [-0.2, -0.15) is 0 Å². The Balaban J connectivity index is 2.52. The van der Waals surface area contributed by atoms with Crippen LogP contribution >= 0.6 is 0 Å². The smallest absolute Gasteiger partial charge is 0.122 e. The van der Waals surface area contributed by atoms with Gasteiger partial charge in [0.05, 0.1) is 11.7 Å². The van der Waals surface area contributed by atoms with Crippen molar-refractivity contribution in [3.63, 3.8) is 0 Å². The summed E-state index contributed by atoms with van der Waals surface area (Å²) in [4.78, 5) is 10.9. The lowest BCUT2D eigenvalue weighted by Gasteiger charge is -2.25. The molecular formula is C23H40O4. The van der Waals surface area contributed by atoms with Crippen LogP contribution in [0.1, 0.15) is 84.0 Å². The second kappa shape index (κ2) is 14.1. The van der Waals surface area contributed by atoms with E-state index in [9.17, 15) is 15.0 Å². The lowest BCUT2D eigenvalue weighted by atomic mass is 9.87. The molecule has 1 rings (SSSR count). The molecule has 1 saturated carbocycles. The fourth-order valence-corrected chi connectivity index (χ4v) is 4.00. The summed E-state index contributed by atoms with van der Waals surface area (Å²) < 4.78 is 0. The van der Waals surface area contributed by atoms with E-state index in [1.807, 2.05) is 6.08 Å². The Labute approximate surface area is 165 Å². The zero-order valence-corrected chi connectivity index (χ0v) is 17.1. The van der Waals surface area contributed by atoms with Gasteiger partial charge in [-0.1, -0.05) is 50.5 Å². The fraction of sp³-hybridized carbons (Fsp3) is 0.783. The van der Waals surface area contributed by atoms with Crippen molar-refractivity contribution >= 4 is 6.29 Å². The van der Waals surface area contributed by atoms with E-state index in [1.165, 1.54) is 0 Å². The molecule has 0 aromatic rings. The van der Waals surface area contributed by atoms with Gasteiger partial charge < -0.3 is 20.1 Å². The molecule has 3 N–H and O–H groups in total. The molecule has 0 heterocycles. The van der Waals surface area contributed by atoms with Gasteiger partial charge in [0, 0.05) is 18.9 Å². The fourth-order valence-electron chi connectivity index (χ4n) is 4.00. The predicted octanol–water partition coefficient (Wildman–Crippen LogP) is 4.33. The minimum Gasteiger partial charge on any atom is -0.396 e. The SMILES string of the molecule is CCCCCC(O)(CC=O)CC=C[C@@H]1[C@@H](CC=CCCCCO)CC[C@H]1O. The van der Waals surface area contributed by atoms with Crippen molar-refractivity contribution in [3.05, 3.63) is 24.3 Å². The number of rotatable bonds is 15. The summed E-state index contributed by atoms with van der Waals surface area (Å²) in [6.45, 7) is 2.38. The molecule has 4 atom stereocenters. The van der Waals surface area contributed by atoms with Gasteiger partial charge in [0.25, 0.3) is 0 Å². The third-order valence-electron chi connectivity index (χ3n) is 5.77. The molecule has 4 nitrogen and oxygen atoms in total. The Kier molecular flexibility index (Phi) is 12.6. The van der Waals surface area contributed by atoms with Gasteiger partial charge in [0.15, 0.2) is 0 Å². The molecule has 1 aliphatic carbocycles. The van der Waals surface area contributed by atoms with E-state index in [2.05, 4.69) is 25.2 Å². The molecule has 1 aliphatic rings. The highest BCUT2D eigenvalue weighted by molar-refractivity contribution is 5.51. The first-order chi connectivity index (χ1) is 13.1. The lowest BCUT2D eigenvalue weighted by Crippen LogP contribution is -2.28. The van der Waals surface area contributed by atoms with Crippen molar-refractivity contribution in [2.24, 2.45) is 11.8 Å². The number of hydrogen-bond acceptors (Lipinski definition) is 4. The highest BCUT2D eigenvalue weighted by atomic mass is 16.3. The van der Waals surface area contributed by atoms with Crippen LogP contribution in [-0.2, 0) is 4.79 Å². The van der Waals surface area contributed by atoms with Crippen LogP contribution < -0.4 is 0 Å². The van der Waals surface area contributed by atoms with Crippen LogP contribution in [0.3, 0.4) is 0 Å². The molecule has 0 radical (unpaired) electrons. The van der Waals surface area contributed by atoms with Gasteiger partial charge >= 0.3 is 0 Å². The largest absolute Gasteiger partial charge is 0.396 e. The lowest BCUT2D eigenvalue weighted by molar-refractivity contribution is -0.112. The molecule has 0 bridgehead atoms. The Morgan fingerprint density at radius 1 is 1.04 bits per heavy atom. The quantitative estimate of drug-likeness (QED) is 0.224. The van der Waals surface area contributed by atoms with E-state index in [1.54, 1.807) is 0 Å². The van der Waals surface area contributed by atoms with Crippen molar-refractivity contribution in [2.75, 3.05) is 6.61 Å². The monoisotopic (exact) mass is 380 g/mol. The van der Waals surface area contributed by atoms with Crippen molar-refractivity contribution in [1.29, 1.82) is 0 Å². The molecule has 156 valence electrons. The number of carbonyl (C=O) groups is 1. The zero-order chi connectivity index (χ0) is 20.0. The van der Waals surface area contributed by atoms with Gasteiger partial charge in [-0.05, 0) is 57.3 Å². The summed E-state index contributed by atoms with van der Waals surface area (Å²) >= 11 is 0.